The predicted molar refractivity (Wildman–Crippen MR) is 219 cm³/mol. The summed E-state index contributed by atoms with van der Waals surface area (Å²) in [4.78, 5) is 15.4. The Morgan fingerprint density at radius 3 is 1.74 bits per heavy atom. The monoisotopic (exact) mass is 675 g/mol. The Balaban J connectivity index is 1.04. The molecular weight excluding hydrogens is 647 g/mol. The molecule has 0 aliphatic heterocycles. The number of fused-ring (bicyclic) bond motifs is 10. The smallest absolute Gasteiger partial charge is 0.144 e. The Bertz CT molecular complexity index is 3220. The summed E-state index contributed by atoms with van der Waals surface area (Å²) in [6.07, 6.45) is 0. The molecule has 0 aliphatic carbocycles. The molecule has 11 aromatic rings. The van der Waals surface area contributed by atoms with Gasteiger partial charge in [0.15, 0.2) is 0 Å². The third-order valence-corrected chi connectivity index (χ3v) is 10.4. The van der Waals surface area contributed by atoms with Crippen LogP contribution in [0.2, 0.25) is 0 Å². The maximum Gasteiger partial charge on any atom is 0.144 e. The number of furan rings is 1. The summed E-state index contributed by atoms with van der Waals surface area (Å²) in [7, 11) is 0. The first-order valence-electron chi connectivity index (χ1n) is 17.9. The Hall–Kier alpha value is -7.17. The quantitative estimate of drug-likeness (QED) is 0.174. The van der Waals surface area contributed by atoms with E-state index in [4.69, 9.17) is 19.4 Å². The third kappa shape index (κ3) is 4.80. The third-order valence-electron chi connectivity index (χ3n) is 10.4. The van der Waals surface area contributed by atoms with Crippen LogP contribution in [0.1, 0.15) is 0 Å². The SMILES string of the molecule is c1ccc(-c2ccc3ccc4ccc(-c5cccc(-c6ccc7oc8c(ccc9c(-c%10ccccc%10)nc%10ccccc%10c98)c7c6)c5)nc4c3n2)cc1. The topological polar surface area (TPSA) is 51.8 Å². The molecule has 0 radical (unpaired) electrons. The molecule has 0 unspecified atom stereocenters. The molecule has 0 atom stereocenters. The summed E-state index contributed by atoms with van der Waals surface area (Å²) in [5.41, 5.74) is 12.8. The number of pyridine rings is 3. The molecule has 246 valence electrons. The second kappa shape index (κ2) is 11.7. The minimum absolute atomic E-state index is 0.861. The molecule has 11 rings (SSSR count). The summed E-state index contributed by atoms with van der Waals surface area (Å²) >= 11 is 0. The van der Waals surface area contributed by atoms with E-state index in [9.17, 15) is 0 Å². The maximum absolute atomic E-state index is 6.72. The van der Waals surface area contributed by atoms with E-state index < -0.39 is 0 Å². The van der Waals surface area contributed by atoms with Crippen LogP contribution in [0.3, 0.4) is 0 Å². The highest BCUT2D eigenvalue weighted by atomic mass is 16.3. The molecule has 7 aromatic carbocycles. The lowest BCUT2D eigenvalue weighted by Gasteiger charge is -2.10. The Kier molecular flexibility index (Phi) is 6.52. The van der Waals surface area contributed by atoms with Gasteiger partial charge in [0.05, 0.1) is 33.6 Å². The highest BCUT2D eigenvalue weighted by Gasteiger charge is 2.18. The predicted octanol–water partition coefficient (Wildman–Crippen LogP) is 13.1. The van der Waals surface area contributed by atoms with Gasteiger partial charge in [0.2, 0.25) is 0 Å². The molecule has 4 aromatic heterocycles. The van der Waals surface area contributed by atoms with Gasteiger partial charge in [-0.2, -0.15) is 0 Å². The van der Waals surface area contributed by atoms with Crippen molar-refractivity contribution in [3.63, 3.8) is 0 Å². The molecule has 0 fully saturated rings. The lowest BCUT2D eigenvalue weighted by Crippen LogP contribution is -1.91. The van der Waals surface area contributed by atoms with Gasteiger partial charge in [0.1, 0.15) is 11.2 Å². The summed E-state index contributed by atoms with van der Waals surface area (Å²) in [5.74, 6) is 0. The van der Waals surface area contributed by atoms with Gasteiger partial charge in [-0.15, -0.1) is 0 Å². The number of nitrogens with zero attached hydrogens (tertiary/aromatic N) is 3. The van der Waals surface area contributed by atoms with Crippen molar-refractivity contribution in [1.29, 1.82) is 0 Å². The second-order valence-electron chi connectivity index (χ2n) is 13.6. The fourth-order valence-electron chi connectivity index (χ4n) is 7.82. The Labute approximate surface area is 304 Å². The molecule has 0 saturated heterocycles. The molecule has 0 spiro atoms. The molecule has 0 amide bonds. The molecular formula is C49H29N3O. The van der Waals surface area contributed by atoms with Crippen LogP contribution in [-0.2, 0) is 0 Å². The van der Waals surface area contributed by atoms with E-state index in [1.165, 1.54) is 0 Å². The Morgan fingerprint density at radius 2 is 0.962 bits per heavy atom. The fraction of sp³-hybridized carbons (Fsp3) is 0. The van der Waals surface area contributed by atoms with E-state index in [2.05, 4.69) is 146 Å². The molecule has 0 saturated carbocycles. The number of para-hydroxylation sites is 1. The van der Waals surface area contributed by atoms with Crippen LogP contribution >= 0.6 is 0 Å². The zero-order valence-electron chi connectivity index (χ0n) is 28.5. The highest BCUT2D eigenvalue weighted by molar-refractivity contribution is 6.25. The molecule has 0 N–H and O–H groups in total. The van der Waals surface area contributed by atoms with Gasteiger partial charge in [-0.05, 0) is 53.6 Å². The lowest BCUT2D eigenvalue weighted by atomic mass is 9.96. The van der Waals surface area contributed by atoms with Crippen LogP contribution in [0.25, 0.3) is 110 Å². The van der Waals surface area contributed by atoms with Crippen LogP contribution < -0.4 is 0 Å². The van der Waals surface area contributed by atoms with Gasteiger partial charge >= 0.3 is 0 Å². The minimum Gasteiger partial charge on any atom is -0.455 e. The second-order valence-corrected chi connectivity index (χ2v) is 13.6. The molecule has 53 heavy (non-hydrogen) atoms. The minimum atomic E-state index is 0.861. The van der Waals surface area contributed by atoms with E-state index in [1.807, 2.05) is 30.3 Å². The first-order valence-corrected chi connectivity index (χ1v) is 17.9. The summed E-state index contributed by atoms with van der Waals surface area (Å²) < 4.78 is 6.72. The van der Waals surface area contributed by atoms with Crippen LogP contribution in [0.5, 0.6) is 0 Å². The van der Waals surface area contributed by atoms with Crippen molar-refractivity contribution in [2.45, 2.75) is 0 Å². The molecule has 0 aliphatic rings. The van der Waals surface area contributed by atoms with E-state index in [1.54, 1.807) is 0 Å². The van der Waals surface area contributed by atoms with Crippen molar-refractivity contribution in [3.8, 4) is 44.9 Å². The van der Waals surface area contributed by atoms with Crippen molar-refractivity contribution >= 4 is 65.4 Å². The molecule has 4 heteroatoms. The van der Waals surface area contributed by atoms with Gasteiger partial charge in [0.25, 0.3) is 0 Å². The lowest BCUT2D eigenvalue weighted by molar-refractivity contribution is 0.673. The van der Waals surface area contributed by atoms with Gasteiger partial charge in [0, 0.05) is 54.4 Å². The first-order chi connectivity index (χ1) is 26.2. The average Bonchev–Trinajstić information content (AvgIpc) is 3.62. The zero-order valence-corrected chi connectivity index (χ0v) is 28.5. The van der Waals surface area contributed by atoms with Crippen LogP contribution in [0.15, 0.2) is 180 Å². The van der Waals surface area contributed by atoms with E-state index in [0.29, 0.717) is 0 Å². The maximum atomic E-state index is 6.72. The van der Waals surface area contributed by atoms with Crippen molar-refractivity contribution in [1.82, 2.24) is 15.0 Å². The number of aromatic nitrogens is 3. The summed E-state index contributed by atoms with van der Waals surface area (Å²) in [5, 5.41) is 7.57. The van der Waals surface area contributed by atoms with Crippen LogP contribution in [0, 0.1) is 0 Å². The van der Waals surface area contributed by atoms with E-state index in [-0.39, 0.29) is 0 Å². The largest absolute Gasteiger partial charge is 0.455 e. The molecule has 0 bridgehead atoms. The summed E-state index contributed by atoms with van der Waals surface area (Å²) in [6, 6.07) is 61.3. The van der Waals surface area contributed by atoms with Gasteiger partial charge in [-0.25, -0.2) is 15.0 Å². The zero-order chi connectivity index (χ0) is 34.9. The van der Waals surface area contributed by atoms with Crippen molar-refractivity contribution < 1.29 is 4.42 Å². The van der Waals surface area contributed by atoms with Crippen LogP contribution in [-0.4, -0.2) is 15.0 Å². The number of rotatable bonds is 4. The van der Waals surface area contributed by atoms with Crippen molar-refractivity contribution in [2.24, 2.45) is 0 Å². The van der Waals surface area contributed by atoms with Gasteiger partial charge in [-0.3, -0.25) is 0 Å². The highest BCUT2D eigenvalue weighted by Crippen LogP contribution is 2.42. The number of hydrogen-bond donors (Lipinski definition) is 0. The summed E-state index contributed by atoms with van der Waals surface area (Å²) in [6.45, 7) is 0. The Morgan fingerprint density at radius 1 is 0.358 bits per heavy atom. The van der Waals surface area contributed by atoms with E-state index in [0.717, 1.165) is 110 Å². The van der Waals surface area contributed by atoms with Crippen molar-refractivity contribution in [3.05, 3.63) is 176 Å². The number of hydrogen-bond acceptors (Lipinski definition) is 4. The molecule has 4 nitrogen and oxygen atoms in total. The fourth-order valence-corrected chi connectivity index (χ4v) is 7.82. The molecule has 4 heterocycles. The van der Waals surface area contributed by atoms with Gasteiger partial charge in [-0.1, -0.05) is 133 Å². The van der Waals surface area contributed by atoms with Crippen LogP contribution in [0.4, 0.5) is 0 Å². The van der Waals surface area contributed by atoms with E-state index >= 15 is 0 Å². The van der Waals surface area contributed by atoms with Crippen molar-refractivity contribution in [2.75, 3.05) is 0 Å². The average molecular weight is 676 g/mol. The normalized spacial score (nSPS) is 11.8. The van der Waals surface area contributed by atoms with Gasteiger partial charge < -0.3 is 4.42 Å². The number of benzene rings is 7. The standard InChI is InChI=1S/C49H29N3O/c1-3-10-30(11-4-1)41-25-20-32-18-19-33-21-26-42(51-48(33)47(32)50-41)36-15-9-14-34(28-36)35-22-27-44-40(29-35)37-23-24-39-45(49(37)53-44)38-16-7-8-17-43(38)52-46(39)31-12-5-2-6-13-31/h1-29H. The first kappa shape index (κ1) is 29.5.